The van der Waals surface area contributed by atoms with Gasteiger partial charge in [0.2, 0.25) is 20.0 Å². The van der Waals surface area contributed by atoms with Gasteiger partial charge in [-0.2, -0.15) is 0 Å². The van der Waals surface area contributed by atoms with Crippen molar-refractivity contribution in [3.05, 3.63) is 23.8 Å². The molecule has 0 saturated carbocycles. The molecule has 0 aromatic heterocycles. The maximum absolute atomic E-state index is 13.5. The van der Waals surface area contributed by atoms with Gasteiger partial charge in [0.15, 0.2) is 0 Å². The first-order valence-corrected chi connectivity index (χ1v) is 13.9. The standard InChI is InChI=1S/C20H32N4O5S2/c1-22(2)31(28,29)17-9-10-19(23-11-5-4-6-12-23)18(14-17)20(25)24-13-7-8-16(15-24)21-30(3,26)27/h9-10,14,16,21H,4-8,11-13,15H2,1-3H3. The summed E-state index contributed by atoms with van der Waals surface area (Å²) in [5.41, 5.74) is 1.09. The number of nitrogens with zero attached hydrogens (tertiary/aromatic N) is 3. The molecular formula is C20H32N4O5S2. The highest BCUT2D eigenvalue weighted by Gasteiger charge is 2.30. The van der Waals surface area contributed by atoms with E-state index in [0.717, 1.165) is 48.6 Å². The van der Waals surface area contributed by atoms with Crippen molar-refractivity contribution in [1.82, 2.24) is 13.9 Å². The lowest BCUT2D eigenvalue weighted by Crippen LogP contribution is -2.49. The fourth-order valence-electron chi connectivity index (χ4n) is 4.20. The molecule has 1 amide bonds. The minimum absolute atomic E-state index is 0.0735. The average molecular weight is 473 g/mol. The number of sulfonamides is 2. The van der Waals surface area contributed by atoms with Crippen LogP contribution in [0.5, 0.6) is 0 Å². The van der Waals surface area contributed by atoms with Crippen molar-refractivity contribution < 1.29 is 21.6 Å². The number of benzene rings is 1. The van der Waals surface area contributed by atoms with E-state index in [1.54, 1.807) is 17.0 Å². The lowest BCUT2D eigenvalue weighted by molar-refractivity contribution is 0.0703. The van der Waals surface area contributed by atoms with Gasteiger partial charge in [-0.15, -0.1) is 0 Å². The third kappa shape index (κ3) is 5.76. The number of carbonyl (C=O) groups is 1. The minimum Gasteiger partial charge on any atom is -0.371 e. The molecule has 1 N–H and O–H groups in total. The number of likely N-dealkylation sites (tertiary alicyclic amines) is 1. The molecule has 1 aromatic rings. The van der Waals surface area contributed by atoms with E-state index in [4.69, 9.17) is 0 Å². The molecule has 1 aromatic carbocycles. The molecular weight excluding hydrogens is 440 g/mol. The monoisotopic (exact) mass is 472 g/mol. The number of amides is 1. The predicted octanol–water partition coefficient (Wildman–Crippen LogP) is 1.08. The average Bonchev–Trinajstić information content (AvgIpc) is 2.72. The van der Waals surface area contributed by atoms with Gasteiger partial charge in [-0.25, -0.2) is 25.9 Å². The zero-order valence-electron chi connectivity index (χ0n) is 18.4. The van der Waals surface area contributed by atoms with E-state index >= 15 is 0 Å². The van der Waals surface area contributed by atoms with Crippen LogP contribution in [0.2, 0.25) is 0 Å². The van der Waals surface area contributed by atoms with Crippen LogP contribution in [0.1, 0.15) is 42.5 Å². The van der Waals surface area contributed by atoms with E-state index in [1.807, 2.05) is 0 Å². The Morgan fingerprint density at radius 3 is 2.32 bits per heavy atom. The van der Waals surface area contributed by atoms with Gasteiger partial charge in [0.1, 0.15) is 0 Å². The van der Waals surface area contributed by atoms with Crippen LogP contribution in [0.3, 0.4) is 0 Å². The largest absolute Gasteiger partial charge is 0.371 e. The zero-order chi connectivity index (χ0) is 22.8. The van der Waals surface area contributed by atoms with Gasteiger partial charge < -0.3 is 9.80 Å². The summed E-state index contributed by atoms with van der Waals surface area (Å²) < 4.78 is 52.4. The van der Waals surface area contributed by atoms with E-state index in [1.165, 1.54) is 20.2 Å². The molecule has 2 fully saturated rings. The van der Waals surface area contributed by atoms with Crippen LogP contribution in [0.4, 0.5) is 5.69 Å². The summed E-state index contributed by atoms with van der Waals surface area (Å²) in [6, 6.07) is 4.40. The fraction of sp³-hybridized carbons (Fsp3) is 0.650. The van der Waals surface area contributed by atoms with E-state index in [-0.39, 0.29) is 23.4 Å². The second kappa shape index (κ2) is 9.43. The summed E-state index contributed by atoms with van der Waals surface area (Å²) >= 11 is 0. The summed E-state index contributed by atoms with van der Waals surface area (Å²) in [5.74, 6) is -0.267. The predicted molar refractivity (Wildman–Crippen MR) is 120 cm³/mol. The topological polar surface area (TPSA) is 107 Å². The van der Waals surface area contributed by atoms with Crippen LogP contribution in [0.15, 0.2) is 23.1 Å². The Morgan fingerprint density at radius 2 is 1.71 bits per heavy atom. The lowest BCUT2D eigenvalue weighted by atomic mass is 10.0. The van der Waals surface area contributed by atoms with Crippen LogP contribution in [-0.4, -0.2) is 84.5 Å². The SMILES string of the molecule is CN(C)S(=O)(=O)c1ccc(N2CCCCC2)c(C(=O)N2CCCC(NS(C)(=O)=O)C2)c1. The lowest BCUT2D eigenvalue weighted by Gasteiger charge is -2.35. The molecule has 2 aliphatic rings. The Morgan fingerprint density at radius 1 is 1.03 bits per heavy atom. The highest BCUT2D eigenvalue weighted by Crippen LogP contribution is 2.29. The van der Waals surface area contributed by atoms with Crippen molar-refractivity contribution >= 4 is 31.6 Å². The number of rotatable bonds is 6. The molecule has 9 nitrogen and oxygen atoms in total. The Hall–Kier alpha value is -1.69. The Labute approximate surface area is 185 Å². The normalized spacial score (nSPS) is 20.8. The molecule has 1 unspecified atom stereocenters. The van der Waals surface area contributed by atoms with Crippen LogP contribution < -0.4 is 9.62 Å². The number of nitrogens with one attached hydrogen (secondary N) is 1. The van der Waals surface area contributed by atoms with Crippen LogP contribution in [0, 0.1) is 0 Å². The van der Waals surface area contributed by atoms with Crippen LogP contribution in [0.25, 0.3) is 0 Å². The summed E-state index contributed by atoms with van der Waals surface area (Å²) in [6.07, 6.45) is 5.62. The third-order valence-electron chi connectivity index (χ3n) is 5.76. The number of carbonyl (C=O) groups excluding carboxylic acids is 1. The Bertz CT molecular complexity index is 1020. The molecule has 0 radical (unpaired) electrons. The Kier molecular flexibility index (Phi) is 7.29. The van der Waals surface area contributed by atoms with Crippen molar-refractivity contribution in [1.29, 1.82) is 0 Å². The highest BCUT2D eigenvalue weighted by atomic mass is 32.2. The molecule has 2 aliphatic heterocycles. The minimum atomic E-state index is -3.69. The Balaban J connectivity index is 1.96. The van der Waals surface area contributed by atoms with Gasteiger partial charge in [-0.3, -0.25) is 4.79 Å². The number of hydrogen-bond donors (Lipinski definition) is 1. The van der Waals surface area contributed by atoms with Crippen LogP contribution >= 0.6 is 0 Å². The molecule has 31 heavy (non-hydrogen) atoms. The molecule has 0 bridgehead atoms. The molecule has 2 saturated heterocycles. The maximum Gasteiger partial charge on any atom is 0.256 e. The van der Waals surface area contributed by atoms with Gasteiger partial charge >= 0.3 is 0 Å². The first-order chi connectivity index (χ1) is 14.5. The van der Waals surface area contributed by atoms with Gasteiger partial charge in [0.25, 0.3) is 5.91 Å². The van der Waals surface area contributed by atoms with Gasteiger partial charge in [-0.1, -0.05) is 0 Å². The van der Waals surface area contributed by atoms with Crippen molar-refractivity contribution in [2.45, 2.75) is 43.0 Å². The van der Waals surface area contributed by atoms with Crippen molar-refractivity contribution in [3.63, 3.8) is 0 Å². The van der Waals surface area contributed by atoms with Gasteiger partial charge in [0.05, 0.1) is 16.7 Å². The maximum atomic E-state index is 13.5. The van der Waals surface area contributed by atoms with Crippen molar-refractivity contribution in [2.75, 3.05) is 51.4 Å². The number of hydrogen-bond acceptors (Lipinski definition) is 6. The molecule has 0 aliphatic carbocycles. The first kappa shape index (κ1) is 24.0. The van der Waals surface area contributed by atoms with Gasteiger partial charge in [0, 0.05) is 52.0 Å². The zero-order valence-corrected chi connectivity index (χ0v) is 20.0. The molecule has 174 valence electrons. The van der Waals surface area contributed by atoms with E-state index < -0.39 is 20.0 Å². The molecule has 2 heterocycles. The molecule has 3 rings (SSSR count). The smallest absolute Gasteiger partial charge is 0.256 e. The van der Waals surface area contributed by atoms with E-state index in [9.17, 15) is 21.6 Å². The molecule has 1 atom stereocenters. The van der Waals surface area contributed by atoms with Gasteiger partial charge in [-0.05, 0) is 50.3 Å². The second-order valence-corrected chi connectivity index (χ2v) is 12.4. The van der Waals surface area contributed by atoms with E-state index in [2.05, 4.69) is 9.62 Å². The first-order valence-electron chi connectivity index (χ1n) is 10.6. The number of piperidine rings is 2. The fourth-order valence-corrected chi connectivity index (χ4v) is 5.93. The molecule has 11 heteroatoms. The van der Waals surface area contributed by atoms with Crippen molar-refractivity contribution in [3.8, 4) is 0 Å². The highest BCUT2D eigenvalue weighted by molar-refractivity contribution is 7.89. The summed E-state index contributed by atoms with van der Waals surface area (Å²) in [5, 5.41) is 0. The summed E-state index contributed by atoms with van der Waals surface area (Å²) in [4.78, 5) is 17.4. The summed E-state index contributed by atoms with van der Waals surface area (Å²) in [7, 11) is -4.15. The van der Waals surface area contributed by atoms with Crippen LogP contribution in [-0.2, 0) is 20.0 Å². The quantitative estimate of drug-likeness (QED) is 0.664. The van der Waals surface area contributed by atoms with E-state index in [0.29, 0.717) is 24.9 Å². The molecule has 0 spiro atoms. The summed E-state index contributed by atoms with van der Waals surface area (Å²) in [6.45, 7) is 2.40. The number of anilines is 1. The van der Waals surface area contributed by atoms with Crippen molar-refractivity contribution in [2.24, 2.45) is 0 Å². The third-order valence-corrected chi connectivity index (χ3v) is 8.34. The second-order valence-electron chi connectivity index (χ2n) is 8.49.